The summed E-state index contributed by atoms with van der Waals surface area (Å²) in [6.07, 6.45) is 6.54. The van der Waals surface area contributed by atoms with Gasteiger partial charge in [-0.1, -0.05) is 0 Å². The van der Waals surface area contributed by atoms with Gasteiger partial charge in [0.05, 0.1) is 0 Å². The molecular weight excluding hydrogens is 238 g/mol. The van der Waals surface area contributed by atoms with Crippen molar-refractivity contribution in [3.05, 3.63) is 36.0 Å². The van der Waals surface area contributed by atoms with Crippen LogP contribution >= 0.6 is 0 Å². The van der Waals surface area contributed by atoms with Crippen LogP contribution in [0.5, 0.6) is 0 Å². The number of hydrogen-bond acceptors (Lipinski definition) is 2. The molecule has 4 heteroatoms. The summed E-state index contributed by atoms with van der Waals surface area (Å²) in [7, 11) is 0. The first kappa shape index (κ1) is 12.2. The van der Waals surface area contributed by atoms with Gasteiger partial charge < -0.3 is 16.0 Å². The molecule has 4 N–H and O–H groups in total. The van der Waals surface area contributed by atoms with Crippen LogP contribution in [0.25, 0.3) is 10.9 Å². The van der Waals surface area contributed by atoms with Crippen molar-refractivity contribution in [2.45, 2.75) is 37.8 Å². The molecule has 1 aromatic carbocycles. The Labute approximate surface area is 112 Å². The van der Waals surface area contributed by atoms with Gasteiger partial charge in [0.25, 0.3) is 0 Å². The maximum Gasteiger partial charge on any atom is 0.248 e. The van der Waals surface area contributed by atoms with Gasteiger partial charge in [0.1, 0.15) is 0 Å². The van der Waals surface area contributed by atoms with Gasteiger partial charge in [-0.2, -0.15) is 0 Å². The molecule has 0 unspecified atom stereocenters. The standard InChI is InChI=1S/C15H19N3O/c16-12-2-4-13(5-3-12)18-8-7-10-9-11(15(17)19)1-6-14(10)18/h1,6-9,12-13H,2-5,16H2,(H2,17,19). The molecule has 1 aliphatic rings. The third-order valence-electron chi connectivity index (χ3n) is 4.14. The highest BCUT2D eigenvalue weighted by atomic mass is 16.1. The molecule has 4 nitrogen and oxygen atoms in total. The van der Waals surface area contributed by atoms with Crippen LogP contribution in [0.4, 0.5) is 0 Å². The van der Waals surface area contributed by atoms with E-state index in [2.05, 4.69) is 16.8 Å². The summed E-state index contributed by atoms with van der Waals surface area (Å²) < 4.78 is 2.31. The van der Waals surface area contributed by atoms with E-state index in [-0.39, 0.29) is 5.91 Å². The lowest BCUT2D eigenvalue weighted by Gasteiger charge is -2.28. The molecule has 1 aromatic heterocycles. The molecule has 1 amide bonds. The molecule has 100 valence electrons. The molecule has 0 radical (unpaired) electrons. The minimum Gasteiger partial charge on any atom is -0.366 e. The number of benzene rings is 1. The molecule has 1 aliphatic carbocycles. The lowest BCUT2D eigenvalue weighted by molar-refractivity contribution is 0.100. The maximum absolute atomic E-state index is 11.2. The van der Waals surface area contributed by atoms with Crippen LogP contribution in [-0.2, 0) is 0 Å². The second kappa shape index (κ2) is 4.70. The van der Waals surface area contributed by atoms with Gasteiger partial charge >= 0.3 is 0 Å². The quantitative estimate of drug-likeness (QED) is 0.865. The molecule has 1 heterocycles. The summed E-state index contributed by atoms with van der Waals surface area (Å²) in [6.45, 7) is 0. The van der Waals surface area contributed by atoms with Gasteiger partial charge in [0, 0.05) is 34.7 Å². The van der Waals surface area contributed by atoms with Crippen LogP contribution in [0, 0.1) is 0 Å². The molecule has 0 atom stereocenters. The predicted octanol–water partition coefficient (Wildman–Crippen LogP) is 2.18. The molecule has 0 saturated heterocycles. The van der Waals surface area contributed by atoms with E-state index in [1.165, 1.54) is 5.52 Å². The minimum absolute atomic E-state index is 0.361. The van der Waals surface area contributed by atoms with Gasteiger partial charge in [-0.05, 0) is 49.9 Å². The topological polar surface area (TPSA) is 74.0 Å². The zero-order valence-corrected chi connectivity index (χ0v) is 10.9. The van der Waals surface area contributed by atoms with Gasteiger partial charge in [-0.15, -0.1) is 0 Å². The first-order chi connectivity index (χ1) is 9.15. The van der Waals surface area contributed by atoms with E-state index >= 15 is 0 Å². The Morgan fingerprint density at radius 3 is 2.58 bits per heavy atom. The number of amides is 1. The number of fused-ring (bicyclic) bond motifs is 1. The van der Waals surface area contributed by atoms with Crippen LogP contribution in [0.3, 0.4) is 0 Å². The average Bonchev–Trinajstić information content (AvgIpc) is 2.82. The summed E-state index contributed by atoms with van der Waals surface area (Å²) in [4.78, 5) is 11.2. The normalized spacial score (nSPS) is 23.6. The Kier molecular flexibility index (Phi) is 3.03. The SMILES string of the molecule is NC(=O)c1ccc2c(ccn2C2CCC(N)CC2)c1. The zero-order chi connectivity index (χ0) is 13.4. The molecular formula is C15H19N3O. The number of hydrogen-bond donors (Lipinski definition) is 2. The van der Waals surface area contributed by atoms with E-state index < -0.39 is 0 Å². The number of carbonyl (C=O) groups excluding carboxylic acids is 1. The van der Waals surface area contributed by atoms with E-state index in [4.69, 9.17) is 11.5 Å². The van der Waals surface area contributed by atoms with Gasteiger partial charge in [0.2, 0.25) is 5.91 Å². The molecule has 1 saturated carbocycles. The smallest absolute Gasteiger partial charge is 0.248 e. The number of nitrogens with zero attached hydrogens (tertiary/aromatic N) is 1. The van der Waals surface area contributed by atoms with E-state index in [0.717, 1.165) is 31.1 Å². The minimum atomic E-state index is -0.377. The van der Waals surface area contributed by atoms with Gasteiger partial charge in [-0.25, -0.2) is 0 Å². The highest BCUT2D eigenvalue weighted by molar-refractivity contribution is 5.97. The monoisotopic (exact) mass is 257 g/mol. The molecule has 19 heavy (non-hydrogen) atoms. The fourth-order valence-electron chi connectivity index (χ4n) is 3.02. The number of aromatic nitrogens is 1. The highest BCUT2D eigenvalue weighted by Crippen LogP contribution is 2.31. The summed E-state index contributed by atoms with van der Waals surface area (Å²) in [5.41, 5.74) is 13.0. The lowest BCUT2D eigenvalue weighted by Crippen LogP contribution is -2.27. The van der Waals surface area contributed by atoms with Crippen LogP contribution in [0.2, 0.25) is 0 Å². The van der Waals surface area contributed by atoms with Crippen molar-refractivity contribution in [1.29, 1.82) is 0 Å². The largest absolute Gasteiger partial charge is 0.366 e. The third-order valence-corrected chi connectivity index (χ3v) is 4.14. The molecule has 0 bridgehead atoms. The number of rotatable bonds is 2. The molecule has 0 aliphatic heterocycles. The van der Waals surface area contributed by atoms with Crippen LogP contribution < -0.4 is 11.5 Å². The first-order valence-corrected chi connectivity index (χ1v) is 6.81. The Hall–Kier alpha value is -1.81. The lowest BCUT2D eigenvalue weighted by atomic mass is 9.91. The number of primary amides is 1. The Balaban J connectivity index is 1.95. The van der Waals surface area contributed by atoms with E-state index in [1.54, 1.807) is 6.07 Å². The van der Waals surface area contributed by atoms with Crippen LogP contribution in [-0.4, -0.2) is 16.5 Å². The Bertz CT molecular complexity index is 609. The predicted molar refractivity (Wildman–Crippen MR) is 75.9 cm³/mol. The second-order valence-electron chi connectivity index (χ2n) is 5.43. The highest BCUT2D eigenvalue weighted by Gasteiger charge is 2.20. The van der Waals surface area contributed by atoms with E-state index in [0.29, 0.717) is 17.6 Å². The van der Waals surface area contributed by atoms with Crippen molar-refractivity contribution in [2.24, 2.45) is 11.5 Å². The fourth-order valence-corrected chi connectivity index (χ4v) is 3.02. The average molecular weight is 257 g/mol. The summed E-state index contributed by atoms with van der Waals surface area (Å²) in [5.74, 6) is -0.377. The molecule has 1 fully saturated rings. The van der Waals surface area contributed by atoms with Crippen molar-refractivity contribution in [3.63, 3.8) is 0 Å². The van der Waals surface area contributed by atoms with Gasteiger partial charge in [-0.3, -0.25) is 4.79 Å². The third kappa shape index (κ3) is 2.24. The Morgan fingerprint density at radius 2 is 1.89 bits per heavy atom. The molecule has 2 aromatic rings. The Morgan fingerprint density at radius 1 is 1.16 bits per heavy atom. The molecule has 0 spiro atoms. The summed E-state index contributed by atoms with van der Waals surface area (Å²) >= 11 is 0. The number of carbonyl (C=O) groups is 1. The van der Waals surface area contributed by atoms with Crippen LogP contribution in [0.1, 0.15) is 42.1 Å². The fraction of sp³-hybridized carbons (Fsp3) is 0.400. The number of nitrogens with two attached hydrogens (primary N) is 2. The van der Waals surface area contributed by atoms with Crippen molar-refractivity contribution < 1.29 is 4.79 Å². The molecule has 3 rings (SSSR count). The van der Waals surface area contributed by atoms with Crippen molar-refractivity contribution in [3.8, 4) is 0 Å². The van der Waals surface area contributed by atoms with E-state index in [9.17, 15) is 4.79 Å². The van der Waals surface area contributed by atoms with Crippen molar-refractivity contribution >= 4 is 16.8 Å². The van der Waals surface area contributed by atoms with Crippen molar-refractivity contribution in [1.82, 2.24) is 4.57 Å². The summed E-state index contributed by atoms with van der Waals surface area (Å²) in [6, 6.07) is 8.59. The zero-order valence-electron chi connectivity index (χ0n) is 10.9. The first-order valence-electron chi connectivity index (χ1n) is 6.81. The van der Waals surface area contributed by atoms with Gasteiger partial charge in [0.15, 0.2) is 0 Å². The second-order valence-corrected chi connectivity index (χ2v) is 5.43. The maximum atomic E-state index is 11.2. The van der Waals surface area contributed by atoms with Crippen molar-refractivity contribution in [2.75, 3.05) is 0 Å². The van der Waals surface area contributed by atoms with E-state index in [1.807, 2.05) is 12.1 Å². The van der Waals surface area contributed by atoms with Crippen LogP contribution in [0.15, 0.2) is 30.5 Å². The summed E-state index contributed by atoms with van der Waals surface area (Å²) in [5, 5.41) is 1.08.